The lowest BCUT2D eigenvalue weighted by Gasteiger charge is -2.14. The fraction of sp³-hybridized carbons (Fsp3) is 0.538. The summed E-state index contributed by atoms with van der Waals surface area (Å²) in [5.41, 5.74) is 1.16. The summed E-state index contributed by atoms with van der Waals surface area (Å²) in [7, 11) is -3.08. The fourth-order valence-electron chi connectivity index (χ4n) is 1.75. The molecule has 5 nitrogen and oxygen atoms in total. The Morgan fingerprint density at radius 1 is 1.21 bits per heavy atom. The van der Waals surface area contributed by atoms with Gasteiger partial charge in [0, 0.05) is 12.6 Å². The summed E-state index contributed by atoms with van der Waals surface area (Å²) < 4.78 is 24.1. The van der Waals surface area contributed by atoms with E-state index in [0.29, 0.717) is 12.6 Å². The number of benzene rings is 1. The second-order valence-electron chi connectivity index (χ2n) is 4.75. The zero-order valence-electron chi connectivity index (χ0n) is 11.4. The van der Waals surface area contributed by atoms with Crippen molar-refractivity contribution >= 4 is 10.0 Å². The molecule has 0 heterocycles. The third kappa shape index (κ3) is 7.81. The van der Waals surface area contributed by atoms with E-state index in [1.807, 2.05) is 12.1 Å². The number of sulfonamides is 1. The molecule has 108 valence electrons. The van der Waals surface area contributed by atoms with E-state index in [-0.39, 0.29) is 5.75 Å². The number of phenols is 1. The van der Waals surface area contributed by atoms with Crippen molar-refractivity contribution in [2.24, 2.45) is 0 Å². The predicted molar refractivity (Wildman–Crippen MR) is 76.7 cm³/mol. The van der Waals surface area contributed by atoms with Gasteiger partial charge in [0.25, 0.3) is 0 Å². The van der Waals surface area contributed by atoms with E-state index in [9.17, 15) is 13.5 Å². The first kappa shape index (κ1) is 15.9. The van der Waals surface area contributed by atoms with Gasteiger partial charge < -0.3 is 10.4 Å². The first-order valence-electron chi connectivity index (χ1n) is 6.33. The predicted octanol–water partition coefficient (Wildman–Crippen LogP) is 0.852. The van der Waals surface area contributed by atoms with Gasteiger partial charge in [-0.25, -0.2) is 13.1 Å². The van der Waals surface area contributed by atoms with Crippen LogP contribution in [-0.4, -0.2) is 38.9 Å². The summed E-state index contributed by atoms with van der Waals surface area (Å²) in [6.45, 7) is 3.30. The summed E-state index contributed by atoms with van der Waals surface area (Å²) in [5, 5.41) is 12.5. The highest BCUT2D eigenvalue weighted by molar-refractivity contribution is 7.88. The van der Waals surface area contributed by atoms with Gasteiger partial charge in [-0.2, -0.15) is 0 Å². The molecule has 1 rings (SSSR count). The molecule has 0 bridgehead atoms. The summed E-state index contributed by atoms with van der Waals surface area (Å²) >= 11 is 0. The van der Waals surface area contributed by atoms with Crippen molar-refractivity contribution in [3.05, 3.63) is 29.8 Å². The Bertz CT molecular complexity index is 471. The van der Waals surface area contributed by atoms with Crippen molar-refractivity contribution in [2.75, 3.05) is 19.3 Å². The first-order chi connectivity index (χ1) is 8.87. The molecule has 1 atom stereocenters. The molecule has 0 saturated heterocycles. The molecule has 19 heavy (non-hydrogen) atoms. The molecule has 0 saturated carbocycles. The Morgan fingerprint density at radius 3 is 2.42 bits per heavy atom. The van der Waals surface area contributed by atoms with E-state index >= 15 is 0 Å². The number of hydrogen-bond acceptors (Lipinski definition) is 4. The average molecular weight is 286 g/mol. The van der Waals surface area contributed by atoms with E-state index < -0.39 is 10.0 Å². The van der Waals surface area contributed by atoms with Gasteiger partial charge >= 0.3 is 0 Å². The van der Waals surface area contributed by atoms with Crippen LogP contribution in [0.15, 0.2) is 24.3 Å². The largest absolute Gasteiger partial charge is 0.508 e. The number of hydrogen-bond donors (Lipinski definition) is 3. The van der Waals surface area contributed by atoms with Crippen molar-refractivity contribution < 1.29 is 13.5 Å². The van der Waals surface area contributed by atoms with Gasteiger partial charge in [0.2, 0.25) is 10.0 Å². The van der Waals surface area contributed by atoms with Crippen LogP contribution in [0.4, 0.5) is 0 Å². The molecular weight excluding hydrogens is 264 g/mol. The Kier molecular flexibility index (Phi) is 6.27. The topological polar surface area (TPSA) is 78.4 Å². The number of phenolic OH excluding ortho intramolecular Hbond substituents is 1. The minimum Gasteiger partial charge on any atom is -0.508 e. The van der Waals surface area contributed by atoms with E-state index in [1.54, 1.807) is 12.1 Å². The molecule has 0 aliphatic rings. The number of aromatic hydroxyl groups is 1. The van der Waals surface area contributed by atoms with Gasteiger partial charge in [-0.1, -0.05) is 12.1 Å². The van der Waals surface area contributed by atoms with Crippen LogP contribution in [0.1, 0.15) is 18.9 Å². The van der Waals surface area contributed by atoms with E-state index in [1.165, 1.54) is 0 Å². The highest BCUT2D eigenvalue weighted by Gasteiger charge is 2.03. The molecule has 0 aliphatic heterocycles. The van der Waals surface area contributed by atoms with Crippen LogP contribution in [0.5, 0.6) is 5.75 Å². The van der Waals surface area contributed by atoms with E-state index in [4.69, 9.17) is 0 Å². The van der Waals surface area contributed by atoms with Crippen molar-refractivity contribution in [1.82, 2.24) is 10.0 Å². The third-order valence-electron chi connectivity index (χ3n) is 2.69. The summed E-state index contributed by atoms with van der Waals surface area (Å²) in [5.74, 6) is 0.274. The zero-order chi connectivity index (χ0) is 14.3. The Hall–Kier alpha value is -1.11. The smallest absolute Gasteiger partial charge is 0.208 e. The second kappa shape index (κ2) is 7.47. The van der Waals surface area contributed by atoms with Crippen LogP contribution in [0.3, 0.4) is 0 Å². The third-order valence-corrected chi connectivity index (χ3v) is 3.42. The van der Waals surface area contributed by atoms with Crippen LogP contribution in [0.2, 0.25) is 0 Å². The highest BCUT2D eigenvalue weighted by atomic mass is 32.2. The minimum absolute atomic E-state index is 0.274. The second-order valence-corrected chi connectivity index (χ2v) is 6.58. The van der Waals surface area contributed by atoms with E-state index in [2.05, 4.69) is 17.0 Å². The standard InChI is InChI=1S/C13H22N2O3S/c1-11(10-12-4-6-13(16)7-5-12)14-8-3-9-15-19(2,17)18/h4-7,11,14-16H,3,8-10H2,1-2H3. The zero-order valence-corrected chi connectivity index (χ0v) is 12.2. The fourth-order valence-corrected chi connectivity index (χ4v) is 2.27. The maximum absolute atomic E-state index is 10.8. The monoisotopic (exact) mass is 286 g/mol. The summed E-state index contributed by atoms with van der Waals surface area (Å²) in [6.07, 6.45) is 2.79. The van der Waals surface area contributed by atoms with Crippen molar-refractivity contribution in [2.45, 2.75) is 25.8 Å². The van der Waals surface area contributed by atoms with Gasteiger partial charge in [-0.3, -0.25) is 0 Å². The van der Waals surface area contributed by atoms with Crippen molar-refractivity contribution in [3.63, 3.8) is 0 Å². The molecule has 0 aliphatic carbocycles. The van der Waals surface area contributed by atoms with Gasteiger partial charge in [0.1, 0.15) is 5.75 Å². The quantitative estimate of drug-likeness (QED) is 0.619. The van der Waals surface area contributed by atoms with Crippen LogP contribution in [0.25, 0.3) is 0 Å². The van der Waals surface area contributed by atoms with Gasteiger partial charge in [0.15, 0.2) is 0 Å². The molecule has 0 aromatic heterocycles. The number of nitrogens with one attached hydrogen (secondary N) is 2. The molecule has 0 radical (unpaired) electrons. The maximum atomic E-state index is 10.8. The minimum atomic E-state index is -3.08. The molecular formula is C13H22N2O3S. The average Bonchev–Trinajstić information content (AvgIpc) is 2.30. The molecule has 1 aromatic rings. The van der Waals surface area contributed by atoms with Crippen LogP contribution in [0, 0.1) is 0 Å². The molecule has 6 heteroatoms. The summed E-state index contributed by atoms with van der Waals surface area (Å²) in [4.78, 5) is 0. The number of rotatable bonds is 8. The lowest BCUT2D eigenvalue weighted by Crippen LogP contribution is -2.31. The molecule has 0 fully saturated rings. The van der Waals surface area contributed by atoms with Crippen LogP contribution >= 0.6 is 0 Å². The molecule has 0 spiro atoms. The highest BCUT2D eigenvalue weighted by Crippen LogP contribution is 2.11. The van der Waals surface area contributed by atoms with Crippen molar-refractivity contribution in [3.8, 4) is 5.75 Å². The molecule has 1 unspecified atom stereocenters. The lowest BCUT2D eigenvalue weighted by atomic mass is 10.1. The molecule has 1 aromatic carbocycles. The molecule has 3 N–H and O–H groups in total. The normalized spacial score (nSPS) is 13.4. The van der Waals surface area contributed by atoms with Gasteiger partial charge in [-0.05, 0) is 44.0 Å². The van der Waals surface area contributed by atoms with Crippen molar-refractivity contribution in [1.29, 1.82) is 0 Å². The maximum Gasteiger partial charge on any atom is 0.208 e. The summed E-state index contributed by atoms with van der Waals surface area (Å²) in [6, 6.07) is 7.47. The Morgan fingerprint density at radius 2 is 1.84 bits per heavy atom. The van der Waals surface area contributed by atoms with Gasteiger partial charge in [0.05, 0.1) is 6.26 Å². The van der Waals surface area contributed by atoms with Crippen LogP contribution < -0.4 is 10.0 Å². The van der Waals surface area contributed by atoms with E-state index in [0.717, 1.165) is 31.2 Å². The Labute approximate surface area is 115 Å². The first-order valence-corrected chi connectivity index (χ1v) is 8.22. The van der Waals surface area contributed by atoms with Gasteiger partial charge in [-0.15, -0.1) is 0 Å². The lowest BCUT2D eigenvalue weighted by molar-refractivity contribution is 0.474. The Balaban J connectivity index is 2.18. The SMILES string of the molecule is CC(Cc1ccc(O)cc1)NCCCNS(C)(=O)=O. The molecule has 0 amide bonds. The van der Waals surface area contributed by atoms with Crippen LogP contribution in [-0.2, 0) is 16.4 Å².